The Kier molecular flexibility index (Phi) is 9.14. The Bertz CT molecular complexity index is 1420. The third kappa shape index (κ3) is 7.04. The zero-order valence-corrected chi connectivity index (χ0v) is 21.8. The first-order chi connectivity index (χ1) is 19.4. The Hall–Kier alpha value is -5.12. The van der Waals surface area contributed by atoms with E-state index < -0.39 is 36.7 Å². The number of ether oxygens (including phenoxy) is 1. The first kappa shape index (κ1) is 27.9. The number of carbonyl (C=O) groups excluding carboxylic acids is 5. The van der Waals surface area contributed by atoms with Crippen LogP contribution in [0.15, 0.2) is 89.9 Å². The molecule has 0 spiro atoms. The smallest absolute Gasteiger partial charge is 0.409 e. The maximum Gasteiger partial charge on any atom is 0.409 e. The number of ketones is 1. The van der Waals surface area contributed by atoms with Crippen LogP contribution >= 0.6 is 0 Å². The monoisotopic (exact) mass is 540 g/mol. The number of nitrogens with zero attached hydrogens (tertiary/aromatic N) is 2. The van der Waals surface area contributed by atoms with Gasteiger partial charge in [0.25, 0.3) is 5.91 Å². The molecule has 0 saturated carbocycles. The number of aldehydes is 1. The Balaban J connectivity index is 1.65. The SMILES string of the molecule is CC(=O)C[C@@H](C=O)NC(=O)CN1C(=O)C(NC(=O)OCc2ccccc2)N=C(c2ccccc2)c2ccccc21. The minimum Gasteiger partial charge on any atom is -0.445 e. The van der Waals surface area contributed by atoms with Gasteiger partial charge in [-0.05, 0) is 18.6 Å². The summed E-state index contributed by atoms with van der Waals surface area (Å²) in [5.74, 6) is -1.61. The van der Waals surface area contributed by atoms with E-state index in [1.54, 1.807) is 36.4 Å². The molecule has 10 nitrogen and oxygen atoms in total. The number of hydrogen-bond acceptors (Lipinski definition) is 7. The van der Waals surface area contributed by atoms with Gasteiger partial charge in [0, 0.05) is 17.5 Å². The molecule has 2 N–H and O–H groups in total. The molecule has 1 unspecified atom stereocenters. The second-order valence-electron chi connectivity index (χ2n) is 9.11. The van der Waals surface area contributed by atoms with Gasteiger partial charge in [-0.25, -0.2) is 9.79 Å². The molecule has 204 valence electrons. The summed E-state index contributed by atoms with van der Waals surface area (Å²) in [6.07, 6.45) is -1.98. The van der Waals surface area contributed by atoms with Crippen molar-refractivity contribution < 1.29 is 28.7 Å². The highest BCUT2D eigenvalue weighted by molar-refractivity contribution is 6.20. The molecule has 3 aromatic carbocycles. The number of amides is 3. The van der Waals surface area contributed by atoms with Gasteiger partial charge < -0.3 is 14.8 Å². The van der Waals surface area contributed by atoms with Crippen molar-refractivity contribution in [3.8, 4) is 0 Å². The lowest BCUT2D eigenvalue weighted by Crippen LogP contribution is -2.51. The lowest BCUT2D eigenvalue weighted by atomic mass is 10.0. The number of rotatable bonds is 10. The maximum atomic E-state index is 13.8. The van der Waals surface area contributed by atoms with E-state index in [1.165, 1.54) is 11.8 Å². The molecule has 3 aromatic rings. The van der Waals surface area contributed by atoms with Crippen molar-refractivity contribution in [2.24, 2.45) is 4.99 Å². The van der Waals surface area contributed by atoms with E-state index in [0.717, 1.165) is 5.56 Å². The number of benzene rings is 3. The first-order valence-corrected chi connectivity index (χ1v) is 12.6. The summed E-state index contributed by atoms with van der Waals surface area (Å²) in [6.45, 7) is 0.818. The van der Waals surface area contributed by atoms with Crippen molar-refractivity contribution in [3.63, 3.8) is 0 Å². The number of para-hydroxylation sites is 1. The van der Waals surface area contributed by atoms with Crippen LogP contribution in [0.4, 0.5) is 10.5 Å². The van der Waals surface area contributed by atoms with E-state index in [1.807, 2.05) is 48.5 Å². The third-order valence-corrected chi connectivity index (χ3v) is 6.04. The van der Waals surface area contributed by atoms with Crippen molar-refractivity contribution in [2.45, 2.75) is 32.2 Å². The van der Waals surface area contributed by atoms with Gasteiger partial charge in [-0.3, -0.25) is 24.6 Å². The van der Waals surface area contributed by atoms with Gasteiger partial charge in [0.05, 0.1) is 17.4 Å². The number of alkyl carbamates (subject to hydrolysis) is 1. The standard InChI is InChI=1S/C30H28N4O6/c1-20(36)16-23(18-35)31-26(37)17-34-25-15-9-8-14-24(25)27(22-12-6-3-7-13-22)32-28(29(34)38)33-30(39)40-19-21-10-4-2-5-11-21/h2-15,18,23,28H,16-17,19H2,1H3,(H,31,37)(H,33,39)/t23-,28?/m0/s1. The number of nitrogens with one attached hydrogen (secondary N) is 2. The molecule has 0 radical (unpaired) electrons. The normalized spacial score (nSPS) is 15.1. The second-order valence-corrected chi connectivity index (χ2v) is 9.11. The molecule has 0 saturated heterocycles. The van der Waals surface area contributed by atoms with Crippen molar-refractivity contribution in [2.75, 3.05) is 11.4 Å². The van der Waals surface area contributed by atoms with E-state index in [4.69, 9.17) is 4.74 Å². The molecule has 0 aromatic heterocycles. The van der Waals surface area contributed by atoms with Gasteiger partial charge in [-0.1, -0.05) is 78.9 Å². The van der Waals surface area contributed by atoms with Crippen molar-refractivity contribution in [1.29, 1.82) is 0 Å². The van der Waals surface area contributed by atoms with E-state index in [9.17, 15) is 24.0 Å². The number of benzodiazepines with no additional fused rings is 1. The van der Waals surface area contributed by atoms with Crippen LogP contribution in [0.5, 0.6) is 0 Å². The minimum absolute atomic E-state index is 0.0155. The minimum atomic E-state index is -1.42. The fourth-order valence-corrected chi connectivity index (χ4v) is 4.23. The van der Waals surface area contributed by atoms with E-state index in [-0.39, 0.29) is 18.8 Å². The second kappa shape index (κ2) is 13.1. The van der Waals surface area contributed by atoms with Crippen LogP contribution in [0.3, 0.4) is 0 Å². The molecule has 40 heavy (non-hydrogen) atoms. The molecule has 2 atom stereocenters. The summed E-state index contributed by atoms with van der Waals surface area (Å²) in [7, 11) is 0. The number of Topliss-reactive ketones (excluding diaryl/α,β-unsaturated/α-hetero) is 1. The van der Waals surface area contributed by atoms with Gasteiger partial charge in [0.15, 0.2) is 0 Å². The molecule has 3 amide bonds. The van der Waals surface area contributed by atoms with E-state index in [0.29, 0.717) is 28.8 Å². The Morgan fingerprint density at radius 1 is 0.975 bits per heavy atom. The fraction of sp³-hybridized carbons (Fsp3) is 0.200. The number of carbonyl (C=O) groups is 5. The predicted molar refractivity (Wildman–Crippen MR) is 148 cm³/mol. The summed E-state index contributed by atoms with van der Waals surface area (Å²) in [5, 5.41) is 5.01. The van der Waals surface area contributed by atoms with Gasteiger partial charge in [-0.15, -0.1) is 0 Å². The van der Waals surface area contributed by atoms with Gasteiger partial charge >= 0.3 is 6.09 Å². The zero-order chi connectivity index (χ0) is 28.5. The Morgan fingerprint density at radius 2 is 1.62 bits per heavy atom. The van der Waals surface area contributed by atoms with Crippen molar-refractivity contribution in [1.82, 2.24) is 10.6 Å². The fourth-order valence-electron chi connectivity index (χ4n) is 4.23. The van der Waals surface area contributed by atoms with Crippen LogP contribution in [0.1, 0.15) is 30.0 Å². The summed E-state index contributed by atoms with van der Waals surface area (Å²) in [5.41, 5.74) is 2.84. The third-order valence-electron chi connectivity index (χ3n) is 6.04. The molecule has 10 heteroatoms. The summed E-state index contributed by atoms with van der Waals surface area (Å²) in [4.78, 5) is 68.2. The quantitative estimate of drug-likeness (QED) is 0.380. The van der Waals surface area contributed by atoms with E-state index >= 15 is 0 Å². The molecule has 0 fully saturated rings. The molecule has 0 bridgehead atoms. The van der Waals surface area contributed by atoms with Crippen molar-refractivity contribution >= 4 is 41.4 Å². The highest BCUT2D eigenvalue weighted by Crippen LogP contribution is 2.28. The van der Waals surface area contributed by atoms with Gasteiger partial charge in [0.1, 0.15) is 25.2 Å². The summed E-state index contributed by atoms with van der Waals surface area (Å²) < 4.78 is 5.32. The van der Waals surface area contributed by atoms with Crippen LogP contribution in [-0.4, -0.2) is 54.4 Å². The highest BCUT2D eigenvalue weighted by Gasteiger charge is 2.34. The topological polar surface area (TPSA) is 134 Å². The molecular weight excluding hydrogens is 512 g/mol. The molecule has 1 aliphatic heterocycles. The molecule has 4 rings (SSSR count). The molecule has 1 heterocycles. The lowest BCUT2D eigenvalue weighted by Gasteiger charge is -2.25. The number of fused-ring (bicyclic) bond motifs is 1. The van der Waals surface area contributed by atoms with Gasteiger partial charge in [-0.2, -0.15) is 0 Å². The van der Waals surface area contributed by atoms with Crippen LogP contribution < -0.4 is 15.5 Å². The lowest BCUT2D eigenvalue weighted by molar-refractivity contribution is -0.126. The van der Waals surface area contributed by atoms with Crippen LogP contribution in [0, 0.1) is 0 Å². The largest absolute Gasteiger partial charge is 0.445 e. The van der Waals surface area contributed by atoms with Crippen LogP contribution in [-0.2, 0) is 30.5 Å². The summed E-state index contributed by atoms with van der Waals surface area (Å²) >= 11 is 0. The average Bonchev–Trinajstić information content (AvgIpc) is 3.07. The first-order valence-electron chi connectivity index (χ1n) is 12.6. The highest BCUT2D eigenvalue weighted by atomic mass is 16.5. The number of hydrogen-bond donors (Lipinski definition) is 2. The maximum absolute atomic E-state index is 13.8. The van der Waals surface area contributed by atoms with E-state index in [2.05, 4.69) is 15.6 Å². The summed E-state index contributed by atoms with van der Waals surface area (Å²) in [6, 6.07) is 24.1. The van der Waals surface area contributed by atoms with Crippen LogP contribution in [0.2, 0.25) is 0 Å². The Labute approximate surface area is 231 Å². The van der Waals surface area contributed by atoms with Crippen LogP contribution in [0.25, 0.3) is 0 Å². The Morgan fingerprint density at radius 3 is 2.30 bits per heavy atom. The predicted octanol–water partition coefficient (Wildman–Crippen LogP) is 2.79. The number of aliphatic imine (C=N–C) groups is 1. The molecule has 1 aliphatic rings. The molecular formula is C30H28N4O6. The van der Waals surface area contributed by atoms with Crippen molar-refractivity contribution in [3.05, 3.63) is 102 Å². The zero-order valence-electron chi connectivity index (χ0n) is 21.8. The molecule has 0 aliphatic carbocycles. The number of anilines is 1. The van der Waals surface area contributed by atoms with Gasteiger partial charge in [0.2, 0.25) is 12.1 Å². The average molecular weight is 541 g/mol.